The molecular formula is C20H27N3O3. The van der Waals surface area contributed by atoms with Gasteiger partial charge in [0, 0.05) is 38.3 Å². The predicted molar refractivity (Wildman–Crippen MR) is 101 cm³/mol. The maximum absolute atomic E-state index is 12.3. The van der Waals surface area contributed by atoms with Crippen LogP contribution in [0.4, 0.5) is 0 Å². The molecule has 1 aromatic rings. The number of ether oxygens (including phenoxy) is 1. The molecule has 0 bridgehead atoms. The fourth-order valence-electron chi connectivity index (χ4n) is 2.95. The summed E-state index contributed by atoms with van der Waals surface area (Å²) in [6.07, 6.45) is 5.65. The van der Waals surface area contributed by atoms with E-state index in [9.17, 15) is 9.59 Å². The van der Waals surface area contributed by atoms with Gasteiger partial charge in [0.25, 0.3) is 0 Å². The summed E-state index contributed by atoms with van der Waals surface area (Å²) in [5, 5.41) is 3.00. The first-order valence-electron chi connectivity index (χ1n) is 9.35. The number of rotatable bonds is 7. The van der Waals surface area contributed by atoms with E-state index in [1.54, 1.807) is 6.08 Å². The molecule has 0 unspecified atom stereocenters. The van der Waals surface area contributed by atoms with Gasteiger partial charge in [0.1, 0.15) is 5.75 Å². The Balaban J connectivity index is 1.41. The Morgan fingerprint density at radius 1 is 1.15 bits per heavy atom. The van der Waals surface area contributed by atoms with E-state index in [1.807, 2.05) is 42.2 Å². The van der Waals surface area contributed by atoms with Gasteiger partial charge in [-0.15, -0.1) is 0 Å². The molecule has 2 amide bonds. The smallest absolute Gasteiger partial charge is 0.246 e. The molecule has 1 aliphatic carbocycles. The lowest BCUT2D eigenvalue weighted by molar-refractivity contribution is -0.128. The lowest BCUT2D eigenvalue weighted by atomic mass is 10.2. The van der Waals surface area contributed by atoms with E-state index in [2.05, 4.69) is 10.2 Å². The highest BCUT2D eigenvalue weighted by Gasteiger charge is 2.25. The molecule has 2 aliphatic rings. The summed E-state index contributed by atoms with van der Waals surface area (Å²) < 4.78 is 5.41. The second-order valence-electron chi connectivity index (χ2n) is 6.78. The van der Waals surface area contributed by atoms with Crippen molar-refractivity contribution in [1.82, 2.24) is 15.1 Å². The largest absolute Gasteiger partial charge is 0.494 e. The highest BCUT2D eigenvalue weighted by molar-refractivity contribution is 5.91. The van der Waals surface area contributed by atoms with Gasteiger partial charge in [-0.3, -0.25) is 14.5 Å². The number of hydrogen-bond donors (Lipinski definition) is 1. The van der Waals surface area contributed by atoms with Crippen LogP contribution in [0.25, 0.3) is 6.08 Å². The first kappa shape index (κ1) is 18.5. The van der Waals surface area contributed by atoms with Gasteiger partial charge in [-0.2, -0.15) is 0 Å². The summed E-state index contributed by atoms with van der Waals surface area (Å²) in [6, 6.07) is 8.08. The normalized spacial score (nSPS) is 18.1. The molecule has 140 valence electrons. The van der Waals surface area contributed by atoms with Crippen molar-refractivity contribution in [2.75, 3.05) is 39.3 Å². The number of carbonyl (C=O) groups excluding carboxylic acids is 2. The number of nitrogens with one attached hydrogen (secondary N) is 1. The number of hydrogen-bond acceptors (Lipinski definition) is 4. The van der Waals surface area contributed by atoms with Crippen molar-refractivity contribution >= 4 is 17.9 Å². The molecule has 1 saturated heterocycles. The monoisotopic (exact) mass is 357 g/mol. The molecule has 0 aromatic heterocycles. The highest BCUT2D eigenvalue weighted by atomic mass is 16.5. The molecule has 6 heteroatoms. The van der Waals surface area contributed by atoms with Crippen LogP contribution in [0.5, 0.6) is 5.75 Å². The SMILES string of the molecule is CCOc1ccc(/C=C/C(=O)N2CCN(CC(=O)NC3CC3)CC2)cc1. The summed E-state index contributed by atoms with van der Waals surface area (Å²) in [5.74, 6) is 0.946. The van der Waals surface area contributed by atoms with Crippen LogP contribution in [-0.4, -0.2) is 67.0 Å². The molecule has 0 atom stereocenters. The van der Waals surface area contributed by atoms with E-state index in [4.69, 9.17) is 4.74 Å². The van der Waals surface area contributed by atoms with E-state index in [-0.39, 0.29) is 11.8 Å². The van der Waals surface area contributed by atoms with Crippen molar-refractivity contribution in [2.24, 2.45) is 0 Å². The van der Waals surface area contributed by atoms with E-state index in [1.165, 1.54) is 0 Å². The maximum atomic E-state index is 12.3. The van der Waals surface area contributed by atoms with E-state index in [0.29, 0.717) is 32.3 Å². The van der Waals surface area contributed by atoms with Gasteiger partial charge in [-0.25, -0.2) is 0 Å². The van der Waals surface area contributed by atoms with Crippen molar-refractivity contribution in [3.63, 3.8) is 0 Å². The van der Waals surface area contributed by atoms with Crippen molar-refractivity contribution in [2.45, 2.75) is 25.8 Å². The van der Waals surface area contributed by atoms with Crippen molar-refractivity contribution in [1.29, 1.82) is 0 Å². The van der Waals surface area contributed by atoms with Crippen molar-refractivity contribution in [3.8, 4) is 5.75 Å². The van der Waals surface area contributed by atoms with E-state index < -0.39 is 0 Å². The molecule has 0 radical (unpaired) electrons. The lowest BCUT2D eigenvalue weighted by Gasteiger charge is -2.33. The zero-order chi connectivity index (χ0) is 18.4. The van der Waals surface area contributed by atoms with Gasteiger partial charge >= 0.3 is 0 Å². The summed E-state index contributed by atoms with van der Waals surface area (Å²) in [4.78, 5) is 28.1. The lowest BCUT2D eigenvalue weighted by Crippen LogP contribution is -2.51. The summed E-state index contributed by atoms with van der Waals surface area (Å²) in [6.45, 7) is 5.81. The molecule has 1 heterocycles. The average Bonchev–Trinajstić information content (AvgIpc) is 3.45. The van der Waals surface area contributed by atoms with Crippen LogP contribution < -0.4 is 10.1 Å². The van der Waals surface area contributed by atoms with Gasteiger partial charge in [-0.1, -0.05) is 12.1 Å². The number of benzene rings is 1. The molecule has 6 nitrogen and oxygen atoms in total. The Bertz CT molecular complexity index is 645. The third kappa shape index (κ3) is 5.59. The summed E-state index contributed by atoms with van der Waals surface area (Å²) >= 11 is 0. The van der Waals surface area contributed by atoms with E-state index >= 15 is 0 Å². The molecule has 3 rings (SSSR count). The second-order valence-corrected chi connectivity index (χ2v) is 6.78. The number of amides is 2. The Morgan fingerprint density at radius 3 is 2.46 bits per heavy atom. The minimum atomic E-state index is 0.0148. The fraction of sp³-hybridized carbons (Fsp3) is 0.500. The quantitative estimate of drug-likeness (QED) is 0.752. The molecule has 0 spiro atoms. The Hall–Kier alpha value is -2.34. The minimum Gasteiger partial charge on any atom is -0.494 e. The molecular weight excluding hydrogens is 330 g/mol. The Labute approximate surface area is 154 Å². The van der Waals surface area contributed by atoms with Crippen LogP contribution in [0.15, 0.2) is 30.3 Å². The van der Waals surface area contributed by atoms with Gasteiger partial charge in [0.05, 0.1) is 13.2 Å². The van der Waals surface area contributed by atoms with Crippen LogP contribution in [0.3, 0.4) is 0 Å². The van der Waals surface area contributed by atoms with Gasteiger partial charge in [0.15, 0.2) is 0 Å². The van der Waals surface area contributed by atoms with E-state index in [0.717, 1.165) is 37.2 Å². The van der Waals surface area contributed by atoms with Crippen LogP contribution in [-0.2, 0) is 9.59 Å². The minimum absolute atomic E-state index is 0.0148. The first-order valence-corrected chi connectivity index (χ1v) is 9.35. The number of nitrogens with zero attached hydrogens (tertiary/aromatic N) is 2. The molecule has 1 aromatic carbocycles. The highest BCUT2D eigenvalue weighted by Crippen LogP contribution is 2.18. The van der Waals surface area contributed by atoms with Gasteiger partial charge in [-0.05, 0) is 43.5 Å². The van der Waals surface area contributed by atoms with Crippen molar-refractivity contribution < 1.29 is 14.3 Å². The average molecular weight is 357 g/mol. The fourth-order valence-corrected chi connectivity index (χ4v) is 2.95. The van der Waals surface area contributed by atoms with Crippen LogP contribution >= 0.6 is 0 Å². The summed E-state index contributed by atoms with van der Waals surface area (Å²) in [7, 11) is 0. The van der Waals surface area contributed by atoms with Crippen LogP contribution in [0.1, 0.15) is 25.3 Å². The van der Waals surface area contributed by atoms with Crippen molar-refractivity contribution in [3.05, 3.63) is 35.9 Å². The number of carbonyl (C=O) groups is 2. The third-order valence-electron chi connectivity index (χ3n) is 4.60. The topological polar surface area (TPSA) is 61.9 Å². The Morgan fingerprint density at radius 2 is 1.85 bits per heavy atom. The maximum Gasteiger partial charge on any atom is 0.246 e. The zero-order valence-corrected chi connectivity index (χ0v) is 15.3. The predicted octanol–water partition coefficient (Wildman–Crippen LogP) is 1.52. The Kier molecular flexibility index (Phi) is 6.28. The molecule has 2 fully saturated rings. The second kappa shape index (κ2) is 8.85. The van der Waals surface area contributed by atoms with Gasteiger partial charge < -0.3 is 15.0 Å². The third-order valence-corrected chi connectivity index (χ3v) is 4.60. The van der Waals surface area contributed by atoms with Crippen LogP contribution in [0, 0.1) is 0 Å². The molecule has 1 saturated carbocycles. The standard InChI is InChI=1S/C20H27N3O3/c1-2-26-18-8-3-16(4-9-18)5-10-20(25)23-13-11-22(12-14-23)15-19(24)21-17-6-7-17/h3-5,8-10,17H,2,6-7,11-15H2,1H3,(H,21,24)/b10-5+. The molecule has 1 N–H and O–H groups in total. The van der Waals surface area contributed by atoms with Crippen LogP contribution in [0.2, 0.25) is 0 Å². The van der Waals surface area contributed by atoms with Gasteiger partial charge in [0.2, 0.25) is 11.8 Å². The number of piperazine rings is 1. The summed E-state index contributed by atoms with van der Waals surface area (Å²) in [5.41, 5.74) is 0.970. The zero-order valence-electron chi connectivity index (χ0n) is 15.3. The molecule has 1 aliphatic heterocycles. The first-order chi connectivity index (χ1) is 12.6. The molecule has 26 heavy (non-hydrogen) atoms.